The van der Waals surface area contributed by atoms with Crippen molar-refractivity contribution in [3.05, 3.63) is 27.0 Å². The van der Waals surface area contributed by atoms with E-state index in [9.17, 15) is 0 Å². The Morgan fingerprint density at radius 3 is 3.06 bits per heavy atom. The van der Waals surface area contributed by atoms with Crippen LogP contribution >= 0.6 is 38.6 Å². The standard InChI is InChI=1S/C11H11BrN2OS2/c12-7-3-10(16-5-7)11-14-9(6-17-11)8-4-15-2-1-13-8/h3,5-6,8,13H,1-2,4H2. The van der Waals surface area contributed by atoms with E-state index in [2.05, 4.69) is 43.1 Å². The lowest BCUT2D eigenvalue weighted by molar-refractivity contribution is 0.0758. The van der Waals surface area contributed by atoms with Gasteiger partial charge in [0.25, 0.3) is 0 Å². The van der Waals surface area contributed by atoms with Crippen molar-refractivity contribution in [2.24, 2.45) is 0 Å². The summed E-state index contributed by atoms with van der Waals surface area (Å²) in [7, 11) is 0. The number of hydrogen-bond donors (Lipinski definition) is 1. The normalized spacial score (nSPS) is 20.6. The predicted octanol–water partition coefficient (Wildman–Crippen LogP) is 3.30. The van der Waals surface area contributed by atoms with Crippen LogP contribution in [0.5, 0.6) is 0 Å². The number of morpholine rings is 1. The van der Waals surface area contributed by atoms with Gasteiger partial charge >= 0.3 is 0 Å². The van der Waals surface area contributed by atoms with Crippen molar-refractivity contribution in [3.8, 4) is 9.88 Å². The molecular weight excluding hydrogens is 320 g/mol. The number of aromatic nitrogens is 1. The van der Waals surface area contributed by atoms with E-state index in [1.54, 1.807) is 22.7 Å². The highest BCUT2D eigenvalue weighted by atomic mass is 79.9. The van der Waals surface area contributed by atoms with Crippen LogP contribution in [-0.4, -0.2) is 24.7 Å². The van der Waals surface area contributed by atoms with Crippen LogP contribution < -0.4 is 5.32 Å². The number of halogens is 1. The Morgan fingerprint density at radius 1 is 1.41 bits per heavy atom. The van der Waals surface area contributed by atoms with Gasteiger partial charge in [-0.15, -0.1) is 22.7 Å². The van der Waals surface area contributed by atoms with E-state index in [0.29, 0.717) is 0 Å². The van der Waals surface area contributed by atoms with Crippen LogP contribution in [0.25, 0.3) is 9.88 Å². The smallest absolute Gasteiger partial charge is 0.133 e. The fourth-order valence-corrected chi connectivity index (χ4v) is 4.12. The number of nitrogens with zero attached hydrogens (tertiary/aromatic N) is 1. The lowest BCUT2D eigenvalue weighted by Crippen LogP contribution is -2.34. The SMILES string of the molecule is Brc1csc(-c2nc(C3COCCN3)cs2)c1. The first-order valence-corrected chi connectivity index (χ1v) is 7.89. The van der Waals surface area contributed by atoms with E-state index >= 15 is 0 Å². The van der Waals surface area contributed by atoms with Crippen LogP contribution in [0, 0.1) is 0 Å². The summed E-state index contributed by atoms with van der Waals surface area (Å²) >= 11 is 6.87. The Bertz CT molecular complexity index is 505. The van der Waals surface area contributed by atoms with Gasteiger partial charge in [0.1, 0.15) is 5.01 Å². The Balaban J connectivity index is 1.82. The Kier molecular flexibility index (Phi) is 3.58. The molecule has 1 aliphatic rings. The molecule has 3 rings (SSSR count). The third-order valence-electron chi connectivity index (χ3n) is 2.58. The summed E-state index contributed by atoms with van der Waals surface area (Å²) in [6.07, 6.45) is 0. The van der Waals surface area contributed by atoms with Crippen LogP contribution in [-0.2, 0) is 4.74 Å². The molecule has 1 atom stereocenters. The fraction of sp³-hybridized carbons (Fsp3) is 0.364. The zero-order valence-corrected chi connectivity index (χ0v) is 12.2. The second kappa shape index (κ2) is 5.16. The number of nitrogens with one attached hydrogen (secondary N) is 1. The number of hydrogen-bond acceptors (Lipinski definition) is 5. The van der Waals surface area contributed by atoms with Gasteiger partial charge in [0.15, 0.2) is 0 Å². The topological polar surface area (TPSA) is 34.1 Å². The molecule has 17 heavy (non-hydrogen) atoms. The first kappa shape index (κ1) is 11.8. The molecule has 3 heterocycles. The molecule has 0 saturated carbocycles. The van der Waals surface area contributed by atoms with Crippen molar-refractivity contribution in [1.82, 2.24) is 10.3 Å². The maximum atomic E-state index is 5.45. The van der Waals surface area contributed by atoms with Gasteiger partial charge in [-0.3, -0.25) is 0 Å². The fourth-order valence-electron chi connectivity index (χ4n) is 1.74. The Labute approximate surface area is 116 Å². The van der Waals surface area contributed by atoms with E-state index in [1.807, 2.05) is 0 Å². The molecule has 1 unspecified atom stereocenters. The van der Waals surface area contributed by atoms with Gasteiger partial charge in [-0.2, -0.15) is 0 Å². The first-order valence-electron chi connectivity index (χ1n) is 5.34. The van der Waals surface area contributed by atoms with Crippen LogP contribution in [0.15, 0.2) is 21.3 Å². The number of rotatable bonds is 2. The highest BCUT2D eigenvalue weighted by molar-refractivity contribution is 9.10. The molecule has 0 amide bonds. The zero-order valence-electron chi connectivity index (χ0n) is 8.98. The van der Waals surface area contributed by atoms with Crippen molar-refractivity contribution in [1.29, 1.82) is 0 Å². The summed E-state index contributed by atoms with van der Waals surface area (Å²) < 4.78 is 6.57. The maximum absolute atomic E-state index is 5.45. The number of thiazole rings is 1. The molecule has 0 aromatic carbocycles. The number of thiophene rings is 1. The van der Waals surface area contributed by atoms with Gasteiger partial charge in [0, 0.05) is 21.8 Å². The average molecular weight is 331 g/mol. The monoisotopic (exact) mass is 330 g/mol. The van der Waals surface area contributed by atoms with Gasteiger partial charge in [0.05, 0.1) is 29.8 Å². The van der Waals surface area contributed by atoms with Gasteiger partial charge in [-0.25, -0.2) is 4.98 Å². The minimum atomic E-state index is 0.247. The Hall–Kier alpha value is -0.270. The summed E-state index contributed by atoms with van der Waals surface area (Å²) in [6.45, 7) is 2.42. The molecule has 3 nitrogen and oxygen atoms in total. The van der Waals surface area contributed by atoms with Crippen molar-refractivity contribution >= 4 is 38.6 Å². The highest BCUT2D eigenvalue weighted by Gasteiger charge is 2.18. The van der Waals surface area contributed by atoms with Gasteiger partial charge in [-0.05, 0) is 22.0 Å². The summed E-state index contributed by atoms with van der Waals surface area (Å²) in [4.78, 5) is 5.90. The average Bonchev–Trinajstić information content (AvgIpc) is 2.98. The summed E-state index contributed by atoms with van der Waals surface area (Å²) in [5.41, 5.74) is 1.09. The van der Waals surface area contributed by atoms with E-state index in [4.69, 9.17) is 4.74 Å². The molecule has 1 saturated heterocycles. The van der Waals surface area contributed by atoms with Crippen molar-refractivity contribution in [3.63, 3.8) is 0 Å². The molecule has 0 bridgehead atoms. The molecule has 90 valence electrons. The van der Waals surface area contributed by atoms with E-state index in [0.717, 1.165) is 34.9 Å². The third-order valence-corrected chi connectivity index (χ3v) is 5.30. The molecule has 1 aliphatic heterocycles. The minimum absolute atomic E-state index is 0.247. The highest BCUT2D eigenvalue weighted by Crippen LogP contribution is 2.33. The largest absolute Gasteiger partial charge is 0.378 e. The lowest BCUT2D eigenvalue weighted by Gasteiger charge is -2.21. The Morgan fingerprint density at radius 2 is 2.35 bits per heavy atom. The molecular formula is C11H11BrN2OS2. The molecule has 0 radical (unpaired) electrons. The van der Waals surface area contributed by atoms with Crippen LogP contribution in [0.3, 0.4) is 0 Å². The molecule has 0 spiro atoms. The van der Waals surface area contributed by atoms with Crippen LogP contribution in [0.4, 0.5) is 0 Å². The van der Waals surface area contributed by atoms with Gasteiger partial charge < -0.3 is 10.1 Å². The third kappa shape index (κ3) is 2.61. The van der Waals surface area contributed by atoms with E-state index < -0.39 is 0 Å². The molecule has 6 heteroatoms. The second-order valence-corrected chi connectivity index (χ2v) is 6.47. The summed E-state index contributed by atoms with van der Waals surface area (Å²) in [6, 6.07) is 2.36. The molecule has 1 N–H and O–H groups in total. The van der Waals surface area contributed by atoms with Crippen molar-refractivity contribution in [2.75, 3.05) is 19.8 Å². The molecule has 2 aromatic rings. The zero-order chi connectivity index (χ0) is 11.7. The van der Waals surface area contributed by atoms with E-state index in [1.165, 1.54) is 4.88 Å². The van der Waals surface area contributed by atoms with Gasteiger partial charge in [0.2, 0.25) is 0 Å². The lowest BCUT2D eigenvalue weighted by atomic mass is 10.2. The summed E-state index contributed by atoms with van der Waals surface area (Å²) in [5.74, 6) is 0. The van der Waals surface area contributed by atoms with Crippen molar-refractivity contribution in [2.45, 2.75) is 6.04 Å². The first-order chi connectivity index (χ1) is 8.33. The molecule has 0 aliphatic carbocycles. The maximum Gasteiger partial charge on any atom is 0.133 e. The molecule has 2 aromatic heterocycles. The van der Waals surface area contributed by atoms with Crippen LogP contribution in [0.1, 0.15) is 11.7 Å². The van der Waals surface area contributed by atoms with Crippen LogP contribution in [0.2, 0.25) is 0 Å². The summed E-state index contributed by atoms with van der Waals surface area (Å²) in [5, 5.41) is 8.71. The minimum Gasteiger partial charge on any atom is -0.378 e. The van der Waals surface area contributed by atoms with Crippen molar-refractivity contribution < 1.29 is 4.74 Å². The quantitative estimate of drug-likeness (QED) is 0.917. The molecule has 1 fully saturated rings. The second-order valence-electron chi connectivity index (χ2n) is 3.79. The number of ether oxygens (including phenoxy) is 1. The van der Waals surface area contributed by atoms with E-state index in [-0.39, 0.29) is 6.04 Å². The van der Waals surface area contributed by atoms with Gasteiger partial charge in [-0.1, -0.05) is 0 Å². The predicted molar refractivity (Wildman–Crippen MR) is 74.7 cm³/mol.